The molecule has 1 fully saturated rings. The Morgan fingerprint density at radius 1 is 1.11 bits per heavy atom. The van der Waals surface area contributed by atoms with Crippen LogP contribution >= 0.6 is 11.3 Å². The van der Waals surface area contributed by atoms with Gasteiger partial charge in [0.05, 0.1) is 41.7 Å². The maximum absolute atomic E-state index is 11.5. The normalized spacial score (nSPS) is 15.6. The van der Waals surface area contributed by atoms with Gasteiger partial charge in [0, 0.05) is 62.9 Å². The van der Waals surface area contributed by atoms with Gasteiger partial charge in [-0.15, -0.1) is 11.3 Å². The molecule has 1 aliphatic heterocycles. The number of nitrogens with zero attached hydrogens (tertiary/aromatic N) is 9. The summed E-state index contributed by atoms with van der Waals surface area (Å²) in [5, 5.41) is 8.73. The lowest BCUT2D eigenvalue weighted by Crippen LogP contribution is -2.39. The van der Waals surface area contributed by atoms with E-state index in [1.54, 1.807) is 29.2 Å². The molecule has 0 saturated carbocycles. The number of rotatable bonds is 7. The van der Waals surface area contributed by atoms with Crippen LogP contribution in [0.5, 0.6) is 0 Å². The molecule has 4 aromatic rings. The van der Waals surface area contributed by atoms with Gasteiger partial charge in [0.15, 0.2) is 0 Å². The van der Waals surface area contributed by atoms with E-state index in [1.807, 2.05) is 43.2 Å². The van der Waals surface area contributed by atoms with Crippen molar-refractivity contribution < 1.29 is 14.7 Å². The van der Waals surface area contributed by atoms with Crippen molar-refractivity contribution in [1.82, 2.24) is 35.4 Å². The summed E-state index contributed by atoms with van der Waals surface area (Å²) in [6.07, 6.45) is 8.04. The summed E-state index contributed by atoms with van der Waals surface area (Å²) in [6.45, 7) is 2.42. The zero-order valence-electron chi connectivity index (χ0n) is 20.6. The zero-order chi connectivity index (χ0) is 25.9. The molecule has 1 saturated heterocycles. The van der Waals surface area contributed by atoms with Crippen molar-refractivity contribution in [3.63, 3.8) is 0 Å². The predicted octanol–water partition coefficient (Wildman–Crippen LogP) is 1.67. The monoisotopic (exact) mass is 522 g/mol. The van der Waals surface area contributed by atoms with Crippen LogP contribution in [0.25, 0.3) is 10.2 Å². The van der Waals surface area contributed by atoms with Gasteiger partial charge >= 0.3 is 0 Å². The summed E-state index contributed by atoms with van der Waals surface area (Å²) in [4.78, 5) is 45.0. The number of thiophene rings is 1. The van der Waals surface area contributed by atoms with Gasteiger partial charge in [-0.3, -0.25) is 10.0 Å². The van der Waals surface area contributed by atoms with Crippen LogP contribution < -0.4 is 20.2 Å². The third-order valence-electron chi connectivity index (χ3n) is 5.82. The molecule has 5 rings (SSSR count). The molecule has 37 heavy (non-hydrogen) atoms. The molecule has 1 unspecified atom stereocenters. The lowest BCUT2D eigenvalue weighted by Gasteiger charge is -2.32. The first-order valence-corrected chi connectivity index (χ1v) is 12.3. The molecule has 0 spiro atoms. The van der Waals surface area contributed by atoms with E-state index in [0.29, 0.717) is 44.1 Å². The fraction of sp³-hybridized carbons (Fsp3) is 0.348. The maximum atomic E-state index is 11.5. The number of hydrogen-bond acceptors (Lipinski definition) is 13. The second-order valence-electron chi connectivity index (χ2n) is 8.72. The Labute approximate surface area is 216 Å². The highest BCUT2D eigenvalue weighted by molar-refractivity contribution is 7.19. The first-order valence-electron chi connectivity index (χ1n) is 11.5. The van der Waals surface area contributed by atoms with E-state index in [1.165, 1.54) is 12.4 Å². The highest BCUT2D eigenvalue weighted by Gasteiger charge is 2.25. The van der Waals surface area contributed by atoms with Crippen molar-refractivity contribution in [2.24, 2.45) is 0 Å². The number of ether oxygens (including phenoxy) is 1. The van der Waals surface area contributed by atoms with Gasteiger partial charge in [0.25, 0.3) is 5.91 Å². The number of anilines is 3. The molecule has 192 valence electrons. The number of nitrogens with one attached hydrogen (secondary N) is 1. The number of carbonyl (C=O) groups is 1. The van der Waals surface area contributed by atoms with Crippen LogP contribution in [0, 0.1) is 0 Å². The molecule has 5 heterocycles. The van der Waals surface area contributed by atoms with Crippen molar-refractivity contribution in [1.29, 1.82) is 0 Å². The average Bonchev–Trinajstić information content (AvgIpc) is 3.34. The summed E-state index contributed by atoms with van der Waals surface area (Å²) in [7, 11) is 5.67. The van der Waals surface area contributed by atoms with Crippen LogP contribution in [-0.4, -0.2) is 81.9 Å². The minimum absolute atomic E-state index is 0.161. The van der Waals surface area contributed by atoms with Gasteiger partial charge in [-0.2, -0.15) is 0 Å². The minimum atomic E-state index is -0.657. The Bertz CT molecular complexity index is 1380. The van der Waals surface area contributed by atoms with Crippen LogP contribution in [0.4, 0.5) is 17.8 Å². The first-order chi connectivity index (χ1) is 17.9. The van der Waals surface area contributed by atoms with E-state index in [-0.39, 0.29) is 11.7 Å². The van der Waals surface area contributed by atoms with Gasteiger partial charge in [0.1, 0.15) is 6.10 Å². The second kappa shape index (κ2) is 10.5. The topological polar surface area (TPSA) is 146 Å². The zero-order valence-corrected chi connectivity index (χ0v) is 21.4. The lowest BCUT2D eigenvalue weighted by molar-refractivity contribution is 0.0388. The summed E-state index contributed by atoms with van der Waals surface area (Å²) in [5.41, 5.74) is 3.53. The standard InChI is InChI=1S/C23H26N10O3S/c1-31(2)21-24-7-14(8-25-21)18-13-33(4-5-36-18)23-28-11-19-17(29-23)6-16(37-19)12-32(3)22-26-9-15(10-27-22)20(34)30-35/h6-11,18,35H,4-5,12-13H2,1-3H3,(H,30,34). The van der Waals surface area contributed by atoms with Crippen molar-refractivity contribution in [2.45, 2.75) is 12.6 Å². The number of fused-ring (bicyclic) bond motifs is 1. The molecule has 13 nitrogen and oxygen atoms in total. The molecular formula is C23H26N10O3S. The smallest absolute Gasteiger partial charge is 0.277 e. The van der Waals surface area contributed by atoms with Crippen LogP contribution in [0.2, 0.25) is 0 Å². The molecule has 1 aliphatic rings. The summed E-state index contributed by atoms with van der Waals surface area (Å²) in [5.74, 6) is 1.11. The largest absolute Gasteiger partial charge is 0.370 e. The molecule has 4 aromatic heterocycles. The quantitative estimate of drug-likeness (QED) is 0.269. The van der Waals surface area contributed by atoms with Gasteiger partial charge < -0.3 is 19.4 Å². The highest BCUT2D eigenvalue weighted by Crippen LogP contribution is 2.29. The molecule has 2 N–H and O–H groups in total. The van der Waals surface area contributed by atoms with Crippen molar-refractivity contribution >= 4 is 45.3 Å². The Morgan fingerprint density at radius 2 is 1.84 bits per heavy atom. The fourth-order valence-corrected chi connectivity index (χ4v) is 4.90. The SMILES string of the molecule is CN(C)c1ncc(C2CN(c3ncc4sc(CN(C)c5ncc(C(=O)NO)cn5)cc4n3)CCO2)cn1. The summed E-state index contributed by atoms with van der Waals surface area (Å²) < 4.78 is 6.97. The summed E-state index contributed by atoms with van der Waals surface area (Å²) in [6, 6.07) is 2.04. The maximum Gasteiger partial charge on any atom is 0.277 e. The molecule has 14 heteroatoms. The number of hydroxylamine groups is 1. The lowest BCUT2D eigenvalue weighted by atomic mass is 10.1. The Morgan fingerprint density at radius 3 is 2.54 bits per heavy atom. The number of amides is 1. The molecule has 0 bridgehead atoms. The van der Waals surface area contributed by atoms with E-state index in [4.69, 9.17) is 14.9 Å². The predicted molar refractivity (Wildman–Crippen MR) is 138 cm³/mol. The Kier molecular flexibility index (Phi) is 7.03. The van der Waals surface area contributed by atoms with Crippen LogP contribution in [-0.2, 0) is 11.3 Å². The van der Waals surface area contributed by atoms with Crippen LogP contribution in [0.3, 0.4) is 0 Å². The number of morpholine rings is 1. The van der Waals surface area contributed by atoms with Crippen molar-refractivity contribution in [3.05, 3.63) is 53.1 Å². The molecule has 0 aromatic carbocycles. The van der Waals surface area contributed by atoms with Gasteiger partial charge in [-0.1, -0.05) is 0 Å². The van der Waals surface area contributed by atoms with Crippen molar-refractivity contribution in [3.8, 4) is 0 Å². The van der Waals surface area contributed by atoms with Gasteiger partial charge in [-0.25, -0.2) is 35.4 Å². The first kappa shape index (κ1) is 24.7. The second-order valence-corrected chi connectivity index (χ2v) is 9.89. The third kappa shape index (κ3) is 5.40. The fourth-order valence-electron chi connectivity index (χ4n) is 3.88. The molecule has 0 aliphatic carbocycles. The summed E-state index contributed by atoms with van der Waals surface area (Å²) >= 11 is 1.61. The Hall–Kier alpha value is -4.01. The molecular weight excluding hydrogens is 496 g/mol. The van der Waals surface area contributed by atoms with Crippen LogP contribution in [0.15, 0.2) is 37.1 Å². The van der Waals surface area contributed by atoms with Crippen molar-refractivity contribution in [2.75, 3.05) is 55.5 Å². The van der Waals surface area contributed by atoms with E-state index < -0.39 is 5.91 Å². The van der Waals surface area contributed by atoms with Crippen LogP contribution in [0.1, 0.15) is 26.9 Å². The molecule has 1 amide bonds. The minimum Gasteiger partial charge on any atom is -0.370 e. The van der Waals surface area contributed by atoms with Gasteiger partial charge in [-0.05, 0) is 6.07 Å². The van der Waals surface area contributed by atoms with E-state index in [2.05, 4.69) is 29.8 Å². The van der Waals surface area contributed by atoms with E-state index in [0.717, 1.165) is 20.7 Å². The number of hydrogen-bond donors (Lipinski definition) is 2. The third-order valence-corrected chi connectivity index (χ3v) is 6.87. The molecule has 0 radical (unpaired) electrons. The van der Waals surface area contributed by atoms with Gasteiger partial charge in [0.2, 0.25) is 17.8 Å². The Balaban J connectivity index is 1.27. The van der Waals surface area contributed by atoms with E-state index >= 15 is 0 Å². The number of carbonyl (C=O) groups excluding carboxylic acids is 1. The molecule has 1 atom stereocenters. The highest BCUT2D eigenvalue weighted by atomic mass is 32.1. The number of aromatic nitrogens is 6. The van der Waals surface area contributed by atoms with E-state index in [9.17, 15) is 4.79 Å². The average molecular weight is 523 g/mol.